The standard InChI is InChI=1S/C12H18N2O3/c1-8(14-7-10(13)12(15)16)9-5-3-4-6-11(9)17-2/h3-6,8,10,14H,7,13H2,1-2H3,(H,15,16)/t8-,10?/m1/s1. The second-order valence-corrected chi connectivity index (χ2v) is 3.82. The van der Waals surface area contributed by atoms with Crippen LogP contribution in [0.15, 0.2) is 24.3 Å². The summed E-state index contributed by atoms with van der Waals surface area (Å²) in [7, 11) is 1.61. The molecule has 0 bridgehead atoms. The molecular formula is C12H18N2O3. The summed E-state index contributed by atoms with van der Waals surface area (Å²) in [4.78, 5) is 10.6. The number of carboxylic acids is 1. The average molecular weight is 238 g/mol. The SMILES string of the molecule is COc1ccccc1[C@@H](C)NCC(N)C(=O)O. The van der Waals surface area contributed by atoms with Crippen molar-refractivity contribution < 1.29 is 14.6 Å². The largest absolute Gasteiger partial charge is 0.496 e. The summed E-state index contributed by atoms with van der Waals surface area (Å²) in [6.07, 6.45) is 0. The van der Waals surface area contributed by atoms with Gasteiger partial charge in [0.1, 0.15) is 11.8 Å². The van der Waals surface area contributed by atoms with Crippen molar-refractivity contribution >= 4 is 5.97 Å². The van der Waals surface area contributed by atoms with Crippen LogP contribution in [-0.2, 0) is 4.79 Å². The van der Waals surface area contributed by atoms with E-state index >= 15 is 0 Å². The Morgan fingerprint density at radius 3 is 2.76 bits per heavy atom. The third-order valence-corrected chi connectivity index (χ3v) is 2.57. The fourth-order valence-corrected chi connectivity index (χ4v) is 1.53. The highest BCUT2D eigenvalue weighted by atomic mass is 16.5. The van der Waals surface area contributed by atoms with Crippen LogP contribution in [0.3, 0.4) is 0 Å². The van der Waals surface area contributed by atoms with Crippen molar-refractivity contribution in [2.24, 2.45) is 5.73 Å². The fraction of sp³-hybridized carbons (Fsp3) is 0.417. The molecule has 0 saturated carbocycles. The van der Waals surface area contributed by atoms with Crippen LogP contribution in [0.25, 0.3) is 0 Å². The van der Waals surface area contributed by atoms with Gasteiger partial charge in [0, 0.05) is 18.2 Å². The zero-order valence-electron chi connectivity index (χ0n) is 10.0. The van der Waals surface area contributed by atoms with Gasteiger partial charge in [-0.2, -0.15) is 0 Å². The highest BCUT2D eigenvalue weighted by molar-refractivity contribution is 5.73. The summed E-state index contributed by atoms with van der Waals surface area (Å²) in [5, 5.41) is 11.7. The first kappa shape index (κ1) is 13.5. The Morgan fingerprint density at radius 2 is 2.18 bits per heavy atom. The van der Waals surface area contributed by atoms with Crippen LogP contribution >= 0.6 is 0 Å². The first-order valence-corrected chi connectivity index (χ1v) is 5.41. The summed E-state index contributed by atoms with van der Waals surface area (Å²) in [6, 6.07) is 6.68. The predicted molar refractivity (Wildman–Crippen MR) is 65.0 cm³/mol. The number of nitrogens with two attached hydrogens (primary N) is 1. The van der Waals surface area contributed by atoms with Crippen LogP contribution in [0.4, 0.5) is 0 Å². The van der Waals surface area contributed by atoms with Gasteiger partial charge in [-0.1, -0.05) is 18.2 Å². The van der Waals surface area contributed by atoms with Crippen molar-refractivity contribution in [3.63, 3.8) is 0 Å². The quantitative estimate of drug-likeness (QED) is 0.681. The van der Waals surface area contributed by atoms with Gasteiger partial charge >= 0.3 is 5.97 Å². The van der Waals surface area contributed by atoms with Crippen LogP contribution in [0.2, 0.25) is 0 Å². The molecule has 5 nitrogen and oxygen atoms in total. The van der Waals surface area contributed by atoms with E-state index in [1.54, 1.807) is 7.11 Å². The van der Waals surface area contributed by atoms with Crippen molar-refractivity contribution in [3.05, 3.63) is 29.8 Å². The number of carbonyl (C=O) groups is 1. The Labute approximate surface area is 101 Å². The number of rotatable bonds is 6. The van der Waals surface area contributed by atoms with E-state index < -0.39 is 12.0 Å². The molecule has 0 aromatic heterocycles. The minimum Gasteiger partial charge on any atom is -0.496 e. The molecule has 17 heavy (non-hydrogen) atoms. The fourth-order valence-electron chi connectivity index (χ4n) is 1.53. The number of hydrogen-bond donors (Lipinski definition) is 3. The topological polar surface area (TPSA) is 84.6 Å². The van der Waals surface area contributed by atoms with Crippen LogP contribution in [-0.4, -0.2) is 30.8 Å². The molecule has 1 aromatic rings. The molecule has 2 atom stereocenters. The molecule has 4 N–H and O–H groups in total. The Kier molecular flexibility index (Phi) is 4.93. The lowest BCUT2D eigenvalue weighted by Crippen LogP contribution is -2.41. The molecule has 0 heterocycles. The maximum atomic E-state index is 10.6. The maximum Gasteiger partial charge on any atom is 0.321 e. The molecule has 94 valence electrons. The molecule has 0 amide bonds. The van der Waals surface area contributed by atoms with Gasteiger partial charge in [-0.3, -0.25) is 4.79 Å². The van der Waals surface area contributed by atoms with Crippen LogP contribution < -0.4 is 15.8 Å². The Hall–Kier alpha value is -1.59. The summed E-state index contributed by atoms with van der Waals surface area (Å²) in [5.41, 5.74) is 6.40. The van der Waals surface area contributed by atoms with Gasteiger partial charge < -0.3 is 20.9 Å². The van der Waals surface area contributed by atoms with E-state index in [1.165, 1.54) is 0 Å². The van der Waals surface area contributed by atoms with Gasteiger partial charge in [0.2, 0.25) is 0 Å². The van der Waals surface area contributed by atoms with E-state index in [-0.39, 0.29) is 12.6 Å². The summed E-state index contributed by atoms with van der Waals surface area (Å²) < 4.78 is 5.23. The van der Waals surface area contributed by atoms with E-state index in [9.17, 15) is 4.79 Å². The monoisotopic (exact) mass is 238 g/mol. The molecule has 0 fully saturated rings. The lowest BCUT2D eigenvalue weighted by molar-refractivity contribution is -0.138. The van der Waals surface area contributed by atoms with E-state index in [1.807, 2.05) is 31.2 Å². The molecular weight excluding hydrogens is 220 g/mol. The first-order chi connectivity index (χ1) is 8.06. The molecule has 0 saturated heterocycles. The van der Waals surface area contributed by atoms with E-state index in [2.05, 4.69) is 5.32 Å². The number of para-hydroxylation sites is 1. The van der Waals surface area contributed by atoms with Crippen molar-refractivity contribution in [3.8, 4) is 5.75 Å². The third-order valence-electron chi connectivity index (χ3n) is 2.57. The third kappa shape index (κ3) is 3.72. The number of methoxy groups -OCH3 is 1. The molecule has 1 rings (SSSR count). The van der Waals surface area contributed by atoms with Crippen LogP contribution in [0.5, 0.6) is 5.75 Å². The number of ether oxygens (including phenoxy) is 1. The Morgan fingerprint density at radius 1 is 1.53 bits per heavy atom. The zero-order valence-corrected chi connectivity index (χ0v) is 10.0. The summed E-state index contributed by atoms with van der Waals surface area (Å²) in [5.74, 6) is -0.235. The maximum absolute atomic E-state index is 10.6. The van der Waals surface area contributed by atoms with Crippen LogP contribution in [0, 0.1) is 0 Å². The number of aliphatic carboxylic acids is 1. The van der Waals surface area contributed by atoms with Gasteiger partial charge in [0.05, 0.1) is 7.11 Å². The second kappa shape index (κ2) is 6.22. The van der Waals surface area contributed by atoms with Crippen molar-refractivity contribution in [2.75, 3.05) is 13.7 Å². The molecule has 0 spiro atoms. The average Bonchev–Trinajstić information content (AvgIpc) is 2.35. The zero-order chi connectivity index (χ0) is 12.8. The normalized spacial score (nSPS) is 14.1. The minimum atomic E-state index is -1.01. The highest BCUT2D eigenvalue weighted by Crippen LogP contribution is 2.23. The van der Waals surface area contributed by atoms with Crippen LogP contribution in [0.1, 0.15) is 18.5 Å². The number of hydrogen-bond acceptors (Lipinski definition) is 4. The molecule has 0 aliphatic carbocycles. The van der Waals surface area contributed by atoms with Crippen molar-refractivity contribution in [1.29, 1.82) is 0 Å². The lowest BCUT2D eigenvalue weighted by Gasteiger charge is -2.18. The predicted octanol–water partition coefficient (Wildman–Crippen LogP) is 0.758. The highest BCUT2D eigenvalue weighted by Gasteiger charge is 2.15. The Bertz CT molecular complexity index is 382. The summed E-state index contributed by atoms with van der Waals surface area (Å²) in [6.45, 7) is 2.15. The van der Waals surface area contributed by atoms with Gasteiger partial charge in [-0.15, -0.1) is 0 Å². The van der Waals surface area contributed by atoms with E-state index in [0.29, 0.717) is 0 Å². The number of nitrogens with one attached hydrogen (secondary N) is 1. The molecule has 1 aromatic carbocycles. The molecule has 0 aliphatic rings. The van der Waals surface area contributed by atoms with Crippen molar-refractivity contribution in [1.82, 2.24) is 5.32 Å². The first-order valence-electron chi connectivity index (χ1n) is 5.41. The molecule has 1 unspecified atom stereocenters. The summed E-state index contributed by atoms with van der Waals surface area (Å²) >= 11 is 0. The molecule has 5 heteroatoms. The number of benzene rings is 1. The molecule has 0 radical (unpaired) electrons. The van der Waals surface area contributed by atoms with E-state index in [4.69, 9.17) is 15.6 Å². The Balaban J connectivity index is 2.63. The molecule has 0 aliphatic heterocycles. The minimum absolute atomic E-state index is 0.0171. The van der Waals surface area contributed by atoms with Gasteiger partial charge in [-0.25, -0.2) is 0 Å². The van der Waals surface area contributed by atoms with Crippen molar-refractivity contribution in [2.45, 2.75) is 19.0 Å². The van der Waals surface area contributed by atoms with Gasteiger partial charge in [-0.05, 0) is 13.0 Å². The van der Waals surface area contributed by atoms with Gasteiger partial charge in [0.25, 0.3) is 0 Å². The number of carboxylic acid groups (broad SMARTS) is 1. The second-order valence-electron chi connectivity index (χ2n) is 3.82. The van der Waals surface area contributed by atoms with Gasteiger partial charge in [0.15, 0.2) is 0 Å². The van der Waals surface area contributed by atoms with E-state index in [0.717, 1.165) is 11.3 Å². The smallest absolute Gasteiger partial charge is 0.321 e. The lowest BCUT2D eigenvalue weighted by atomic mass is 10.1.